The Balaban J connectivity index is 1.60. The van der Waals surface area contributed by atoms with E-state index < -0.39 is 0 Å². The van der Waals surface area contributed by atoms with Gasteiger partial charge in [-0.05, 0) is 43.4 Å². The zero-order chi connectivity index (χ0) is 12.5. The van der Waals surface area contributed by atoms with Gasteiger partial charge in [-0.3, -0.25) is 0 Å². The van der Waals surface area contributed by atoms with Gasteiger partial charge in [0.1, 0.15) is 0 Å². The summed E-state index contributed by atoms with van der Waals surface area (Å²) in [6.45, 7) is 1.88. The van der Waals surface area contributed by atoms with E-state index in [1.54, 1.807) is 0 Å². The first kappa shape index (κ1) is 12.9. The number of aliphatic hydroxyl groups is 1. The van der Waals surface area contributed by atoms with E-state index in [0.717, 1.165) is 38.4 Å². The predicted octanol–water partition coefficient (Wildman–Crippen LogP) is 2.86. The fourth-order valence-electron chi connectivity index (χ4n) is 3.89. The Bertz CT molecular complexity index is 269. The molecule has 1 heterocycles. The van der Waals surface area contributed by atoms with E-state index in [1.165, 1.54) is 38.5 Å². The summed E-state index contributed by atoms with van der Waals surface area (Å²) < 4.78 is 11.7. The van der Waals surface area contributed by atoms with Crippen LogP contribution in [0.3, 0.4) is 0 Å². The van der Waals surface area contributed by atoms with Crippen molar-refractivity contribution in [3.05, 3.63) is 0 Å². The highest BCUT2D eigenvalue weighted by Crippen LogP contribution is 2.53. The quantitative estimate of drug-likeness (QED) is 0.820. The van der Waals surface area contributed by atoms with E-state index in [4.69, 9.17) is 14.6 Å². The van der Waals surface area contributed by atoms with Crippen LogP contribution in [0.5, 0.6) is 0 Å². The van der Waals surface area contributed by atoms with Crippen LogP contribution in [0.4, 0.5) is 0 Å². The standard InChI is InChI=1S/C15H26O3/c16-9-1-4-14(12-13-2-3-13)5-7-15(8-6-14)17-10-11-18-15/h13,16H,1-12H2. The molecule has 1 spiro atoms. The van der Waals surface area contributed by atoms with Crippen LogP contribution in [-0.4, -0.2) is 30.7 Å². The molecule has 2 aliphatic carbocycles. The molecule has 3 aliphatic rings. The van der Waals surface area contributed by atoms with Crippen LogP contribution in [0, 0.1) is 11.3 Å². The van der Waals surface area contributed by atoms with Crippen molar-refractivity contribution < 1.29 is 14.6 Å². The molecule has 0 unspecified atom stereocenters. The SMILES string of the molecule is OCCCC1(CC2CC2)CCC2(CC1)OCCO2. The minimum absolute atomic E-state index is 0.230. The number of ether oxygens (including phenoxy) is 2. The molecule has 18 heavy (non-hydrogen) atoms. The van der Waals surface area contributed by atoms with E-state index in [0.29, 0.717) is 12.0 Å². The third kappa shape index (κ3) is 2.73. The lowest BCUT2D eigenvalue weighted by molar-refractivity contribution is -0.193. The first-order valence-corrected chi connectivity index (χ1v) is 7.65. The molecule has 0 radical (unpaired) electrons. The van der Waals surface area contributed by atoms with Gasteiger partial charge < -0.3 is 14.6 Å². The molecule has 3 fully saturated rings. The molecule has 0 aromatic carbocycles. The molecule has 0 bridgehead atoms. The van der Waals surface area contributed by atoms with E-state index in [1.807, 2.05) is 0 Å². The molecule has 1 aliphatic heterocycles. The molecule has 0 aromatic heterocycles. The average Bonchev–Trinajstić information content (AvgIpc) is 3.08. The summed E-state index contributed by atoms with van der Waals surface area (Å²) >= 11 is 0. The van der Waals surface area contributed by atoms with Gasteiger partial charge in [0, 0.05) is 19.4 Å². The predicted molar refractivity (Wildman–Crippen MR) is 69.2 cm³/mol. The third-order valence-electron chi connectivity index (χ3n) is 5.17. The maximum atomic E-state index is 9.12. The minimum atomic E-state index is -0.230. The van der Waals surface area contributed by atoms with Crippen LogP contribution in [0.15, 0.2) is 0 Å². The van der Waals surface area contributed by atoms with E-state index in [2.05, 4.69) is 0 Å². The lowest BCUT2D eigenvalue weighted by Gasteiger charge is -2.44. The molecule has 1 saturated heterocycles. The molecule has 3 heteroatoms. The first-order chi connectivity index (χ1) is 8.76. The van der Waals surface area contributed by atoms with Crippen molar-refractivity contribution in [1.29, 1.82) is 0 Å². The van der Waals surface area contributed by atoms with E-state index in [-0.39, 0.29) is 5.79 Å². The molecular weight excluding hydrogens is 228 g/mol. The van der Waals surface area contributed by atoms with Crippen LogP contribution >= 0.6 is 0 Å². The second-order valence-electron chi connectivity index (χ2n) is 6.58. The normalized spacial score (nSPS) is 29.8. The summed E-state index contributed by atoms with van der Waals surface area (Å²) in [7, 11) is 0. The molecule has 3 nitrogen and oxygen atoms in total. The van der Waals surface area contributed by atoms with Gasteiger partial charge in [0.15, 0.2) is 5.79 Å². The number of hydrogen-bond donors (Lipinski definition) is 1. The molecule has 3 rings (SSSR count). The monoisotopic (exact) mass is 254 g/mol. The first-order valence-electron chi connectivity index (χ1n) is 7.65. The van der Waals surface area contributed by atoms with E-state index >= 15 is 0 Å². The van der Waals surface area contributed by atoms with Gasteiger partial charge in [0.05, 0.1) is 13.2 Å². The minimum Gasteiger partial charge on any atom is -0.396 e. The van der Waals surface area contributed by atoms with Crippen LogP contribution < -0.4 is 0 Å². The highest BCUT2D eigenvalue weighted by Gasteiger charge is 2.47. The summed E-state index contributed by atoms with van der Waals surface area (Å²) in [6.07, 6.45) is 11.0. The van der Waals surface area contributed by atoms with Crippen molar-refractivity contribution in [2.45, 2.75) is 63.6 Å². The van der Waals surface area contributed by atoms with Gasteiger partial charge in [-0.25, -0.2) is 0 Å². The summed E-state index contributed by atoms with van der Waals surface area (Å²) in [4.78, 5) is 0. The Morgan fingerprint density at radius 1 is 1.00 bits per heavy atom. The Morgan fingerprint density at radius 3 is 2.22 bits per heavy atom. The lowest BCUT2D eigenvalue weighted by atomic mass is 9.66. The van der Waals surface area contributed by atoms with Gasteiger partial charge in [0.25, 0.3) is 0 Å². The summed E-state index contributed by atoms with van der Waals surface area (Å²) in [5.74, 6) is 0.745. The summed E-state index contributed by atoms with van der Waals surface area (Å²) in [5.41, 5.74) is 0.477. The van der Waals surface area contributed by atoms with Gasteiger partial charge in [0.2, 0.25) is 0 Å². The molecular formula is C15H26O3. The Hall–Kier alpha value is -0.120. The Kier molecular flexibility index (Phi) is 3.65. The van der Waals surface area contributed by atoms with Crippen LogP contribution in [0.2, 0.25) is 0 Å². The van der Waals surface area contributed by atoms with Crippen molar-refractivity contribution in [2.75, 3.05) is 19.8 Å². The van der Waals surface area contributed by atoms with Crippen molar-refractivity contribution in [3.8, 4) is 0 Å². The second-order valence-corrected chi connectivity index (χ2v) is 6.58. The fourth-order valence-corrected chi connectivity index (χ4v) is 3.89. The van der Waals surface area contributed by atoms with Gasteiger partial charge in [-0.15, -0.1) is 0 Å². The Labute approximate surface area is 110 Å². The van der Waals surface area contributed by atoms with Gasteiger partial charge in [-0.2, -0.15) is 0 Å². The summed E-state index contributed by atoms with van der Waals surface area (Å²) in [6, 6.07) is 0. The third-order valence-corrected chi connectivity index (χ3v) is 5.17. The van der Waals surface area contributed by atoms with Crippen molar-refractivity contribution in [1.82, 2.24) is 0 Å². The average molecular weight is 254 g/mol. The topological polar surface area (TPSA) is 38.7 Å². The highest BCUT2D eigenvalue weighted by molar-refractivity contribution is 4.94. The maximum absolute atomic E-state index is 9.12. The molecule has 104 valence electrons. The van der Waals surface area contributed by atoms with Crippen LogP contribution in [-0.2, 0) is 9.47 Å². The van der Waals surface area contributed by atoms with Crippen molar-refractivity contribution in [3.63, 3.8) is 0 Å². The van der Waals surface area contributed by atoms with Crippen molar-refractivity contribution in [2.24, 2.45) is 11.3 Å². The Morgan fingerprint density at radius 2 is 1.67 bits per heavy atom. The molecule has 2 saturated carbocycles. The summed E-state index contributed by atoms with van der Waals surface area (Å²) in [5, 5.41) is 9.12. The van der Waals surface area contributed by atoms with E-state index in [9.17, 15) is 0 Å². The van der Waals surface area contributed by atoms with Gasteiger partial charge in [-0.1, -0.05) is 12.8 Å². The number of hydrogen-bond acceptors (Lipinski definition) is 3. The number of rotatable bonds is 5. The highest BCUT2D eigenvalue weighted by atomic mass is 16.7. The maximum Gasteiger partial charge on any atom is 0.168 e. The fraction of sp³-hybridized carbons (Fsp3) is 1.00. The number of aliphatic hydroxyl groups excluding tert-OH is 1. The molecule has 0 aromatic rings. The lowest BCUT2D eigenvalue weighted by Crippen LogP contribution is -2.40. The largest absolute Gasteiger partial charge is 0.396 e. The second kappa shape index (κ2) is 5.10. The van der Waals surface area contributed by atoms with Crippen molar-refractivity contribution >= 4 is 0 Å². The molecule has 1 N–H and O–H groups in total. The van der Waals surface area contributed by atoms with Crippen LogP contribution in [0.25, 0.3) is 0 Å². The van der Waals surface area contributed by atoms with Crippen LogP contribution in [0.1, 0.15) is 57.8 Å². The smallest absolute Gasteiger partial charge is 0.168 e. The zero-order valence-corrected chi connectivity index (χ0v) is 11.3. The zero-order valence-electron chi connectivity index (χ0n) is 11.3. The van der Waals surface area contributed by atoms with Gasteiger partial charge >= 0.3 is 0 Å². The molecule has 0 atom stereocenters. The molecule has 0 amide bonds.